The van der Waals surface area contributed by atoms with Crippen molar-refractivity contribution >= 4 is 16.0 Å². The Morgan fingerprint density at radius 1 is 1.33 bits per heavy atom. The Morgan fingerprint density at radius 3 is 2.76 bits per heavy atom. The molecule has 114 valence electrons. The highest BCUT2D eigenvalue weighted by Gasteiger charge is 2.28. The van der Waals surface area contributed by atoms with Gasteiger partial charge in [-0.2, -0.15) is 0 Å². The first-order valence-corrected chi connectivity index (χ1v) is 8.46. The van der Waals surface area contributed by atoms with Crippen molar-refractivity contribution in [1.29, 1.82) is 0 Å². The van der Waals surface area contributed by atoms with E-state index in [-0.39, 0.29) is 4.90 Å². The van der Waals surface area contributed by atoms with Gasteiger partial charge in [0.2, 0.25) is 10.0 Å². The normalized spacial score (nSPS) is 21.4. The van der Waals surface area contributed by atoms with E-state index in [1.165, 1.54) is 12.1 Å². The van der Waals surface area contributed by atoms with Crippen LogP contribution >= 0.6 is 0 Å². The Hall–Kier alpha value is -1.60. The summed E-state index contributed by atoms with van der Waals surface area (Å²) in [6.07, 6.45) is 2.15. The van der Waals surface area contributed by atoms with Gasteiger partial charge in [0.05, 0.1) is 4.90 Å². The third kappa shape index (κ3) is 3.19. The third-order valence-electron chi connectivity index (χ3n) is 3.82. The highest BCUT2D eigenvalue weighted by Crippen LogP contribution is 2.31. The molecule has 7 heteroatoms. The van der Waals surface area contributed by atoms with Crippen LogP contribution in [0.25, 0.3) is 0 Å². The fourth-order valence-corrected chi connectivity index (χ4v) is 3.51. The molecular formula is C14H17NO5S. The van der Waals surface area contributed by atoms with Crippen molar-refractivity contribution in [1.82, 2.24) is 4.72 Å². The summed E-state index contributed by atoms with van der Waals surface area (Å²) in [5, 5.41) is 8.94. The second kappa shape index (κ2) is 5.31. The zero-order chi connectivity index (χ0) is 15.0. The first-order valence-electron chi connectivity index (χ1n) is 6.98. The van der Waals surface area contributed by atoms with Crippen molar-refractivity contribution in [3.05, 3.63) is 23.8 Å². The van der Waals surface area contributed by atoms with Crippen LogP contribution in [0.15, 0.2) is 23.1 Å². The lowest BCUT2D eigenvalue weighted by Gasteiger charge is -2.23. The lowest BCUT2D eigenvalue weighted by Crippen LogP contribution is -2.31. The van der Waals surface area contributed by atoms with Gasteiger partial charge in [0.1, 0.15) is 5.75 Å². The maximum Gasteiger partial charge on any atom is 0.344 e. The zero-order valence-electron chi connectivity index (χ0n) is 11.4. The quantitative estimate of drug-likeness (QED) is 0.851. The monoisotopic (exact) mass is 311 g/mol. The Balaban J connectivity index is 1.78. The van der Waals surface area contributed by atoms with Crippen LogP contribution in [0.2, 0.25) is 0 Å². The van der Waals surface area contributed by atoms with Crippen molar-refractivity contribution in [2.24, 2.45) is 5.92 Å². The number of aliphatic carboxylic acids is 1. The van der Waals surface area contributed by atoms with Crippen molar-refractivity contribution < 1.29 is 23.1 Å². The summed E-state index contributed by atoms with van der Waals surface area (Å²) in [6.45, 7) is 0.483. The number of rotatable bonds is 5. The van der Waals surface area contributed by atoms with Crippen molar-refractivity contribution in [2.45, 2.75) is 36.7 Å². The molecule has 2 aliphatic rings. The molecule has 1 aromatic rings. The van der Waals surface area contributed by atoms with Crippen LogP contribution in [0, 0.1) is 5.92 Å². The van der Waals surface area contributed by atoms with E-state index in [0.29, 0.717) is 31.1 Å². The molecule has 0 spiro atoms. The molecule has 3 rings (SSSR count). The van der Waals surface area contributed by atoms with Gasteiger partial charge in [0.15, 0.2) is 6.10 Å². The Morgan fingerprint density at radius 2 is 2.10 bits per heavy atom. The summed E-state index contributed by atoms with van der Waals surface area (Å²) >= 11 is 0. The fourth-order valence-electron chi connectivity index (χ4n) is 2.34. The van der Waals surface area contributed by atoms with E-state index in [1.54, 1.807) is 6.07 Å². The van der Waals surface area contributed by atoms with Crippen LogP contribution in [0.5, 0.6) is 5.75 Å². The van der Waals surface area contributed by atoms with Gasteiger partial charge in [-0.05, 0) is 55.4 Å². The average molecular weight is 311 g/mol. The Bertz CT molecular complexity index is 666. The minimum atomic E-state index is -3.50. The molecule has 0 radical (unpaired) electrons. The molecule has 1 atom stereocenters. The summed E-state index contributed by atoms with van der Waals surface area (Å²) in [5.41, 5.74) is 0.738. The van der Waals surface area contributed by atoms with E-state index in [2.05, 4.69) is 4.72 Å². The zero-order valence-corrected chi connectivity index (χ0v) is 12.2. The van der Waals surface area contributed by atoms with Crippen LogP contribution in [0.1, 0.15) is 24.8 Å². The lowest BCUT2D eigenvalue weighted by molar-refractivity contribution is -0.145. The molecule has 2 N–H and O–H groups in total. The van der Waals surface area contributed by atoms with Gasteiger partial charge in [-0.15, -0.1) is 0 Å². The number of carboxylic acid groups (broad SMARTS) is 1. The average Bonchev–Trinajstić information content (AvgIpc) is 3.28. The third-order valence-corrected chi connectivity index (χ3v) is 5.24. The van der Waals surface area contributed by atoms with E-state index < -0.39 is 22.1 Å². The molecule has 1 saturated carbocycles. The standard InChI is InChI=1S/C14H17NO5S/c16-14(17)13-5-3-10-7-11(4-6-12(10)20-13)21(18,19)15-8-9-1-2-9/h4,6-7,9,13,15H,1-3,5,8H2,(H,16,17)/t13-/m0/s1. The van der Waals surface area contributed by atoms with Gasteiger partial charge < -0.3 is 9.84 Å². The molecule has 1 heterocycles. The van der Waals surface area contributed by atoms with Gasteiger partial charge in [-0.3, -0.25) is 0 Å². The molecule has 1 aromatic carbocycles. The SMILES string of the molecule is O=C(O)[C@@H]1CCc2cc(S(=O)(=O)NCC3CC3)ccc2O1. The number of benzene rings is 1. The van der Waals surface area contributed by atoms with E-state index in [9.17, 15) is 13.2 Å². The second-order valence-electron chi connectivity index (χ2n) is 5.55. The molecule has 1 fully saturated rings. The predicted octanol–water partition coefficient (Wildman–Crippen LogP) is 1.15. The Labute approximate surface area is 123 Å². The molecule has 21 heavy (non-hydrogen) atoms. The first kappa shape index (κ1) is 14.3. The van der Waals surface area contributed by atoms with Crippen LogP contribution < -0.4 is 9.46 Å². The summed E-state index contributed by atoms with van der Waals surface area (Å²) in [6, 6.07) is 4.57. The number of sulfonamides is 1. The van der Waals surface area contributed by atoms with Gasteiger partial charge in [0, 0.05) is 6.54 Å². The number of hydrogen-bond donors (Lipinski definition) is 2. The highest BCUT2D eigenvalue weighted by molar-refractivity contribution is 7.89. The molecule has 1 aliphatic heterocycles. The summed E-state index contributed by atoms with van der Waals surface area (Å²) in [4.78, 5) is 11.1. The summed E-state index contributed by atoms with van der Waals surface area (Å²) < 4.78 is 32.3. The minimum absolute atomic E-state index is 0.208. The molecule has 0 bridgehead atoms. The number of nitrogens with one attached hydrogen (secondary N) is 1. The van der Waals surface area contributed by atoms with Crippen molar-refractivity contribution in [2.75, 3.05) is 6.54 Å². The van der Waals surface area contributed by atoms with Crippen LogP contribution in [-0.2, 0) is 21.2 Å². The fraction of sp³-hybridized carbons (Fsp3) is 0.500. The van der Waals surface area contributed by atoms with Crippen LogP contribution in [0.3, 0.4) is 0 Å². The summed E-state index contributed by atoms with van der Waals surface area (Å²) in [5.74, 6) is -0.0738. The highest BCUT2D eigenvalue weighted by atomic mass is 32.2. The topological polar surface area (TPSA) is 92.7 Å². The van der Waals surface area contributed by atoms with Gasteiger partial charge in [0.25, 0.3) is 0 Å². The molecule has 0 unspecified atom stereocenters. The van der Waals surface area contributed by atoms with Gasteiger partial charge >= 0.3 is 5.97 Å². The number of hydrogen-bond acceptors (Lipinski definition) is 4. The van der Waals surface area contributed by atoms with Crippen molar-refractivity contribution in [3.8, 4) is 5.75 Å². The molecule has 0 aromatic heterocycles. The lowest BCUT2D eigenvalue weighted by atomic mass is 10.0. The molecule has 0 amide bonds. The predicted molar refractivity (Wildman–Crippen MR) is 74.7 cm³/mol. The van der Waals surface area contributed by atoms with Crippen LogP contribution in [-0.4, -0.2) is 32.1 Å². The van der Waals surface area contributed by atoms with Gasteiger partial charge in [-0.1, -0.05) is 0 Å². The number of aryl methyl sites for hydroxylation is 1. The second-order valence-corrected chi connectivity index (χ2v) is 7.32. The minimum Gasteiger partial charge on any atom is -0.479 e. The van der Waals surface area contributed by atoms with E-state index in [1.807, 2.05) is 0 Å². The van der Waals surface area contributed by atoms with E-state index in [4.69, 9.17) is 9.84 Å². The number of carbonyl (C=O) groups is 1. The first-order chi connectivity index (χ1) is 9.95. The number of carboxylic acids is 1. The maximum atomic E-state index is 12.2. The number of fused-ring (bicyclic) bond motifs is 1. The number of ether oxygens (including phenoxy) is 1. The molecular weight excluding hydrogens is 294 g/mol. The molecule has 1 aliphatic carbocycles. The summed E-state index contributed by atoms with van der Waals surface area (Å²) in [7, 11) is -3.50. The Kier molecular flexibility index (Phi) is 3.62. The largest absolute Gasteiger partial charge is 0.479 e. The van der Waals surface area contributed by atoms with Crippen LogP contribution in [0.4, 0.5) is 0 Å². The molecule has 6 nitrogen and oxygen atoms in total. The van der Waals surface area contributed by atoms with E-state index in [0.717, 1.165) is 18.4 Å². The molecule has 0 saturated heterocycles. The van der Waals surface area contributed by atoms with E-state index >= 15 is 0 Å². The van der Waals surface area contributed by atoms with Gasteiger partial charge in [-0.25, -0.2) is 17.9 Å². The maximum absolute atomic E-state index is 12.2. The van der Waals surface area contributed by atoms with Crippen molar-refractivity contribution in [3.63, 3.8) is 0 Å². The smallest absolute Gasteiger partial charge is 0.344 e.